The highest BCUT2D eigenvalue weighted by atomic mass is 28.4. The Morgan fingerprint density at radius 3 is 2.17 bits per heavy atom. The Labute approximate surface area is 111 Å². The molecule has 0 aromatic heterocycles. The third-order valence-electron chi connectivity index (χ3n) is 3.75. The van der Waals surface area contributed by atoms with Crippen LogP contribution in [0.2, 0.25) is 18.1 Å². The van der Waals surface area contributed by atoms with Crippen molar-refractivity contribution in [2.45, 2.75) is 31.5 Å². The van der Waals surface area contributed by atoms with Crippen molar-refractivity contribution in [1.82, 2.24) is 0 Å². The zero-order valence-electron chi connectivity index (χ0n) is 11.9. The Morgan fingerprint density at radius 2 is 1.78 bits per heavy atom. The maximum absolute atomic E-state index is 5.95. The van der Waals surface area contributed by atoms with E-state index in [0.29, 0.717) is 6.61 Å². The third-order valence-corrected chi connectivity index (χ3v) is 7.52. The Kier molecular flexibility index (Phi) is 4.66. The van der Waals surface area contributed by atoms with Crippen molar-refractivity contribution in [2.75, 3.05) is 20.8 Å². The summed E-state index contributed by atoms with van der Waals surface area (Å²) >= 11 is 0. The second kappa shape index (κ2) is 5.64. The van der Waals surface area contributed by atoms with Crippen LogP contribution in [-0.4, -0.2) is 29.1 Å². The summed E-state index contributed by atoms with van der Waals surface area (Å²) in [5.74, 6) is 4.36. The first-order valence-corrected chi connectivity index (χ1v) is 8.91. The molecule has 0 aliphatic heterocycles. The van der Waals surface area contributed by atoms with Gasteiger partial charge in [0.1, 0.15) is 11.5 Å². The number of allylic oxidation sites excluding steroid dienone is 2. The van der Waals surface area contributed by atoms with E-state index in [-0.39, 0.29) is 5.04 Å². The molecule has 0 N–H and O–H groups in total. The maximum atomic E-state index is 5.95. The molecule has 0 saturated heterocycles. The standard InChI is InChI=1S/C14H22O3Si/c1-7-11-17-18(5,6)14(2)12(15-3)9-8-10-13(14)16-4/h1,9-10H,8,11H2,2-6H3. The molecule has 18 heavy (non-hydrogen) atoms. The zero-order chi connectivity index (χ0) is 13.8. The Morgan fingerprint density at radius 1 is 1.28 bits per heavy atom. The highest BCUT2D eigenvalue weighted by Gasteiger charge is 2.53. The molecule has 0 atom stereocenters. The fourth-order valence-corrected chi connectivity index (χ4v) is 4.67. The van der Waals surface area contributed by atoms with Gasteiger partial charge >= 0.3 is 0 Å². The summed E-state index contributed by atoms with van der Waals surface area (Å²) in [4.78, 5) is 0. The molecular formula is C14H22O3Si. The van der Waals surface area contributed by atoms with Crippen LogP contribution in [0.3, 0.4) is 0 Å². The zero-order valence-corrected chi connectivity index (χ0v) is 12.9. The lowest BCUT2D eigenvalue weighted by atomic mass is 9.99. The van der Waals surface area contributed by atoms with Crippen LogP contribution < -0.4 is 0 Å². The topological polar surface area (TPSA) is 27.7 Å². The molecule has 0 radical (unpaired) electrons. The van der Waals surface area contributed by atoms with E-state index in [9.17, 15) is 0 Å². The fraction of sp³-hybridized carbons (Fsp3) is 0.571. The van der Waals surface area contributed by atoms with Crippen LogP contribution in [0.1, 0.15) is 13.3 Å². The van der Waals surface area contributed by atoms with E-state index < -0.39 is 8.32 Å². The van der Waals surface area contributed by atoms with Crippen molar-refractivity contribution in [3.8, 4) is 12.3 Å². The summed E-state index contributed by atoms with van der Waals surface area (Å²) in [5.41, 5.74) is 0. The minimum Gasteiger partial charge on any atom is -0.501 e. The SMILES string of the molecule is C#CCO[Si](C)(C)C1(C)C(OC)=CCC=C1OC. The lowest BCUT2D eigenvalue weighted by Crippen LogP contribution is -2.47. The summed E-state index contributed by atoms with van der Waals surface area (Å²) in [6, 6.07) is 0. The molecule has 3 nitrogen and oxygen atoms in total. The van der Waals surface area contributed by atoms with Crippen molar-refractivity contribution in [1.29, 1.82) is 0 Å². The molecule has 0 amide bonds. The van der Waals surface area contributed by atoms with Gasteiger partial charge in [0, 0.05) is 0 Å². The molecule has 100 valence electrons. The molecule has 0 aromatic rings. The van der Waals surface area contributed by atoms with E-state index in [1.807, 2.05) is 0 Å². The van der Waals surface area contributed by atoms with Gasteiger partial charge in [0.25, 0.3) is 0 Å². The van der Waals surface area contributed by atoms with Crippen LogP contribution in [0.4, 0.5) is 0 Å². The summed E-state index contributed by atoms with van der Waals surface area (Å²) < 4.78 is 17.0. The molecule has 1 rings (SSSR count). The van der Waals surface area contributed by atoms with Gasteiger partial charge in [-0.15, -0.1) is 6.42 Å². The molecule has 0 spiro atoms. The molecule has 1 aliphatic rings. The quantitative estimate of drug-likeness (QED) is 0.565. The number of rotatable bonds is 5. The highest BCUT2D eigenvalue weighted by Crippen LogP contribution is 2.53. The predicted molar refractivity (Wildman–Crippen MR) is 75.4 cm³/mol. The molecule has 0 bridgehead atoms. The molecule has 0 heterocycles. The molecular weight excluding hydrogens is 244 g/mol. The normalized spacial score (nSPS) is 18.4. The smallest absolute Gasteiger partial charge is 0.209 e. The second-order valence-electron chi connectivity index (χ2n) is 4.91. The first kappa shape index (κ1) is 14.9. The van der Waals surface area contributed by atoms with E-state index in [1.54, 1.807) is 14.2 Å². The van der Waals surface area contributed by atoms with Gasteiger partial charge in [-0.2, -0.15) is 0 Å². The van der Waals surface area contributed by atoms with Crippen LogP contribution in [0.5, 0.6) is 0 Å². The van der Waals surface area contributed by atoms with Gasteiger partial charge in [-0.25, -0.2) is 0 Å². The summed E-state index contributed by atoms with van der Waals surface area (Å²) in [5, 5.41) is -0.342. The van der Waals surface area contributed by atoms with Gasteiger partial charge in [-0.3, -0.25) is 0 Å². The average Bonchev–Trinajstić information content (AvgIpc) is 2.36. The molecule has 0 aromatic carbocycles. The van der Waals surface area contributed by atoms with E-state index in [4.69, 9.17) is 20.3 Å². The van der Waals surface area contributed by atoms with Crippen LogP contribution in [0.15, 0.2) is 23.7 Å². The van der Waals surface area contributed by atoms with E-state index in [0.717, 1.165) is 17.9 Å². The summed E-state index contributed by atoms with van der Waals surface area (Å²) in [6.45, 7) is 6.70. The lowest BCUT2D eigenvalue weighted by Gasteiger charge is -2.44. The van der Waals surface area contributed by atoms with E-state index in [2.05, 4.69) is 38.1 Å². The van der Waals surface area contributed by atoms with Crippen LogP contribution >= 0.6 is 0 Å². The molecule has 0 saturated carbocycles. The minimum absolute atomic E-state index is 0.322. The Bertz CT molecular complexity index is 382. The van der Waals surface area contributed by atoms with Gasteiger partial charge < -0.3 is 13.9 Å². The van der Waals surface area contributed by atoms with Gasteiger partial charge in [0.15, 0.2) is 0 Å². The van der Waals surface area contributed by atoms with Crippen LogP contribution in [0.25, 0.3) is 0 Å². The number of terminal acetylenes is 1. The van der Waals surface area contributed by atoms with Crippen molar-refractivity contribution >= 4 is 8.32 Å². The molecule has 4 heteroatoms. The maximum Gasteiger partial charge on any atom is 0.209 e. The van der Waals surface area contributed by atoms with E-state index in [1.165, 1.54) is 0 Å². The molecule has 1 aliphatic carbocycles. The highest BCUT2D eigenvalue weighted by molar-refractivity contribution is 6.75. The predicted octanol–water partition coefficient (Wildman–Crippen LogP) is 3.07. The molecule has 0 fully saturated rings. The summed E-state index contributed by atoms with van der Waals surface area (Å²) in [7, 11) is 1.23. The first-order valence-electron chi connectivity index (χ1n) is 6.00. The van der Waals surface area contributed by atoms with Crippen molar-refractivity contribution < 1.29 is 13.9 Å². The van der Waals surface area contributed by atoms with Gasteiger partial charge in [0.2, 0.25) is 8.32 Å². The van der Waals surface area contributed by atoms with Gasteiger partial charge in [-0.05, 0) is 38.6 Å². The Balaban J connectivity index is 3.18. The monoisotopic (exact) mass is 266 g/mol. The van der Waals surface area contributed by atoms with E-state index >= 15 is 0 Å². The first-order chi connectivity index (χ1) is 8.44. The fourth-order valence-electron chi connectivity index (χ4n) is 2.34. The second-order valence-corrected chi connectivity index (χ2v) is 9.22. The molecule has 0 unspecified atom stereocenters. The number of methoxy groups -OCH3 is 2. The van der Waals surface area contributed by atoms with Crippen LogP contribution in [0, 0.1) is 12.3 Å². The number of ether oxygens (including phenoxy) is 2. The largest absolute Gasteiger partial charge is 0.501 e. The van der Waals surface area contributed by atoms with Crippen molar-refractivity contribution in [3.05, 3.63) is 23.7 Å². The van der Waals surface area contributed by atoms with Crippen molar-refractivity contribution in [3.63, 3.8) is 0 Å². The Hall–Kier alpha value is -1.18. The van der Waals surface area contributed by atoms with Crippen LogP contribution in [-0.2, 0) is 13.9 Å². The lowest BCUT2D eigenvalue weighted by molar-refractivity contribution is 0.184. The third kappa shape index (κ3) is 2.33. The van der Waals surface area contributed by atoms with Crippen molar-refractivity contribution in [2.24, 2.45) is 0 Å². The number of hydrogen-bond acceptors (Lipinski definition) is 3. The summed E-state index contributed by atoms with van der Waals surface area (Å²) in [6.07, 6.45) is 10.3. The minimum atomic E-state index is -2.14. The number of hydrogen-bond donors (Lipinski definition) is 0. The van der Waals surface area contributed by atoms with Gasteiger partial charge in [-0.1, -0.05) is 5.92 Å². The average molecular weight is 266 g/mol. The van der Waals surface area contributed by atoms with Gasteiger partial charge in [0.05, 0.1) is 25.9 Å².